The van der Waals surface area contributed by atoms with Gasteiger partial charge in [-0.3, -0.25) is 48.2 Å². The molecule has 24 nitrogen and oxygen atoms in total. The zero-order chi connectivity index (χ0) is 66.0. The summed E-state index contributed by atoms with van der Waals surface area (Å²) in [5, 5.41) is 33.5. The van der Waals surface area contributed by atoms with Gasteiger partial charge in [-0.2, -0.15) is 10.2 Å². The molecular weight excluding hydrogens is 1230 g/mol. The van der Waals surface area contributed by atoms with E-state index in [4.69, 9.17) is 32.4 Å². The Kier molecular flexibility index (Phi) is 19.9. The van der Waals surface area contributed by atoms with Crippen LogP contribution in [-0.2, 0) is 42.3 Å². The zero-order valence-corrected chi connectivity index (χ0v) is 56.8. The fourth-order valence-corrected chi connectivity index (χ4v) is 15.1. The van der Waals surface area contributed by atoms with Crippen LogP contribution in [0.1, 0.15) is 101 Å². The number of nitriles is 1. The Hall–Kier alpha value is -7.49. The first-order chi connectivity index (χ1) is 43.7. The number of hydrogen-bond donors (Lipinski definition) is 6. The van der Waals surface area contributed by atoms with Gasteiger partial charge in [0, 0.05) is 11.5 Å². The van der Waals surface area contributed by atoms with Crippen LogP contribution in [0.4, 0.5) is 11.8 Å². The van der Waals surface area contributed by atoms with Crippen LogP contribution in [0, 0.1) is 17.2 Å². The summed E-state index contributed by atoms with van der Waals surface area (Å²) < 4.78 is 61.8. The third-order valence-electron chi connectivity index (χ3n) is 17.9. The summed E-state index contributed by atoms with van der Waals surface area (Å²) >= 11 is 0. The number of benzene rings is 4. The number of ether oxygens (including phenoxy) is 2. The lowest BCUT2D eigenvalue weighted by Crippen LogP contribution is -2.59. The van der Waals surface area contributed by atoms with Gasteiger partial charge in [0.2, 0.25) is 11.9 Å². The van der Waals surface area contributed by atoms with Crippen molar-refractivity contribution in [3.8, 4) is 6.07 Å². The van der Waals surface area contributed by atoms with Crippen molar-refractivity contribution in [3.05, 3.63) is 173 Å². The lowest BCUT2D eigenvalue weighted by atomic mass is 9.76. The molecule has 2 saturated heterocycles. The van der Waals surface area contributed by atoms with Crippen LogP contribution in [-0.4, -0.2) is 129 Å². The molecule has 4 aromatic carbocycles. The van der Waals surface area contributed by atoms with Gasteiger partial charge in [0.1, 0.15) is 30.7 Å². The molecule has 2 fully saturated rings. The van der Waals surface area contributed by atoms with Gasteiger partial charge in [0.15, 0.2) is 57.2 Å². The number of H-pyrrole nitrogens is 1. The Labute approximate surface area is 537 Å². The molecule has 1 unspecified atom stereocenters. The molecule has 8 aromatic rings. The Morgan fingerprint density at radius 2 is 1.22 bits per heavy atom. The van der Waals surface area contributed by atoms with E-state index in [-0.39, 0.29) is 63.1 Å². The number of rotatable bonds is 24. The average Bonchev–Trinajstić information content (AvgIpc) is 1.51. The van der Waals surface area contributed by atoms with Crippen molar-refractivity contribution in [2.75, 3.05) is 30.5 Å². The van der Waals surface area contributed by atoms with E-state index in [1.165, 1.54) is 19.0 Å². The monoisotopic (exact) mass is 1310 g/mol. The second-order valence-electron chi connectivity index (χ2n) is 26.5. The van der Waals surface area contributed by atoms with E-state index in [2.05, 4.69) is 120 Å². The lowest BCUT2D eigenvalue weighted by Gasteiger charge is -2.44. The summed E-state index contributed by atoms with van der Waals surface area (Å²) in [5.74, 6) is -1.20. The van der Waals surface area contributed by atoms with Crippen LogP contribution in [0.5, 0.6) is 0 Å². The molecule has 6 N–H and O–H groups in total. The molecule has 0 aliphatic carbocycles. The van der Waals surface area contributed by atoms with Gasteiger partial charge in [0.05, 0.1) is 62.6 Å². The molecule has 27 heteroatoms. The van der Waals surface area contributed by atoms with Crippen LogP contribution in [0.25, 0.3) is 22.3 Å². The van der Waals surface area contributed by atoms with Crippen molar-refractivity contribution in [3.63, 3.8) is 0 Å². The predicted molar refractivity (Wildman–Crippen MR) is 353 cm³/mol. The van der Waals surface area contributed by atoms with Gasteiger partial charge in [-0.15, -0.1) is 0 Å². The molecule has 6 heterocycles. The zero-order valence-electron chi connectivity index (χ0n) is 53.9. The van der Waals surface area contributed by atoms with Crippen LogP contribution < -0.4 is 26.6 Å². The smallest absolute Gasteiger partial charge is 0.406 e. The molecule has 92 heavy (non-hydrogen) atoms. The van der Waals surface area contributed by atoms with Gasteiger partial charge in [0.25, 0.3) is 11.5 Å². The minimum Gasteiger partial charge on any atom is -0.408 e. The maximum atomic E-state index is 16.3. The number of hydrogen-bond acceptors (Lipinski definition) is 18. The molecule has 486 valence electrons. The summed E-state index contributed by atoms with van der Waals surface area (Å²) in [6, 6.07) is 38.6. The van der Waals surface area contributed by atoms with E-state index in [0.717, 1.165) is 16.7 Å². The highest BCUT2D eigenvalue weighted by Crippen LogP contribution is 2.52. The Bertz CT molecular complexity index is 3930. The van der Waals surface area contributed by atoms with Crippen LogP contribution in [0.2, 0.25) is 36.3 Å². The highest BCUT2D eigenvalue weighted by Gasteiger charge is 2.57. The van der Waals surface area contributed by atoms with Gasteiger partial charge < -0.3 is 28.7 Å². The maximum absolute atomic E-state index is 16.3. The molecule has 4 aromatic heterocycles. The normalized spacial score (nSPS) is 21.4. The minimum atomic E-state index is -4.75. The number of anilines is 2. The van der Waals surface area contributed by atoms with Crippen LogP contribution in [0.15, 0.2) is 145 Å². The van der Waals surface area contributed by atoms with Crippen molar-refractivity contribution in [1.29, 1.82) is 5.26 Å². The first-order valence-corrected chi connectivity index (χ1v) is 38.1. The third-order valence-corrected chi connectivity index (χ3v) is 28.5. The quantitative estimate of drug-likeness (QED) is 0.0142. The second-order valence-corrected chi connectivity index (χ2v) is 37.7. The molecule has 10 rings (SSSR count). The van der Waals surface area contributed by atoms with Gasteiger partial charge >= 0.3 is 7.75 Å². The standard InChI is InChI=1S/C65H82N13O11PSi2/c1-41(2)57(80)73-62-72-56-51(59(82)74-62)70-40-78(56)60-52(88-91(9,10)63(3,4)5)48(75-65(43-28-19-14-20-29-43,44-30-21-15-22-31-44)45-32-23-16-24-33-45)47(87-60)37-85-90(83,84-35-25-34-66)76-49-46(36-79)86-61(53(49)89-92(11,12)64(6,7)8)77-39-69-50-54(67-38-68-55(50)77)71-58(81)42-26-17-13-18-27-42/h13-24,26-33,38-41,46-49,52-53,60-61,75,79H,25,35-37H2,1-12H3,(H,76,83)(H,67,68,71,81)(H2,72,73,74,80,82)/t46-,47-,48-,49-,52-,53-,60-,61-,90?/m1/s1. The first kappa shape index (κ1) is 67.4. The van der Waals surface area contributed by atoms with E-state index >= 15 is 4.57 Å². The minimum absolute atomic E-state index is 0.0327. The number of carbonyl (C=O) groups is 2. The van der Waals surface area contributed by atoms with Crippen LogP contribution >= 0.6 is 7.75 Å². The van der Waals surface area contributed by atoms with Gasteiger partial charge in [-0.1, -0.05) is 165 Å². The highest BCUT2D eigenvalue weighted by atomic mass is 31.2. The molecule has 9 atom stereocenters. The van der Waals surface area contributed by atoms with E-state index in [0.29, 0.717) is 5.56 Å². The molecule has 2 amide bonds. The van der Waals surface area contributed by atoms with Crippen molar-refractivity contribution >= 4 is 70.3 Å². The summed E-state index contributed by atoms with van der Waals surface area (Å²) in [7, 11) is -10.5. The molecule has 0 spiro atoms. The molecule has 0 saturated carbocycles. The fraction of sp³-hybridized carbons (Fsp3) is 0.431. The summed E-state index contributed by atoms with van der Waals surface area (Å²) in [5.41, 5.74) is 1.74. The number of nitrogens with zero attached hydrogens (tertiary/aromatic N) is 8. The first-order valence-electron chi connectivity index (χ1n) is 30.8. The number of aliphatic hydroxyl groups is 1. The summed E-state index contributed by atoms with van der Waals surface area (Å²) in [4.78, 5) is 66.3. The Morgan fingerprint density at radius 1 is 0.707 bits per heavy atom. The van der Waals surface area contributed by atoms with E-state index in [9.17, 15) is 24.8 Å². The number of imidazole rings is 2. The second kappa shape index (κ2) is 27.2. The Morgan fingerprint density at radius 3 is 1.74 bits per heavy atom. The number of nitrogens with one attached hydrogen (secondary N) is 5. The van der Waals surface area contributed by atoms with Crippen molar-refractivity contribution in [2.45, 2.75) is 153 Å². The highest BCUT2D eigenvalue weighted by molar-refractivity contribution is 7.51. The van der Waals surface area contributed by atoms with Crippen molar-refractivity contribution in [2.24, 2.45) is 5.92 Å². The molecular formula is C65H82N13O11PSi2. The van der Waals surface area contributed by atoms with E-state index < -0.39 is 109 Å². The lowest BCUT2D eigenvalue weighted by molar-refractivity contribution is -0.118. The van der Waals surface area contributed by atoms with Crippen molar-refractivity contribution < 1.29 is 46.6 Å². The molecule has 2 aliphatic rings. The maximum Gasteiger partial charge on any atom is 0.406 e. The molecule has 0 bridgehead atoms. The number of aromatic amines is 1. The molecule has 0 radical (unpaired) electrons. The topological polar surface area (TPSA) is 306 Å². The van der Waals surface area contributed by atoms with E-state index in [1.807, 2.05) is 97.1 Å². The van der Waals surface area contributed by atoms with Crippen LogP contribution in [0.3, 0.4) is 0 Å². The Balaban J connectivity index is 1.11. The number of carbonyl (C=O) groups excluding carboxylic acids is 2. The average molecular weight is 1310 g/mol. The number of aliphatic hydroxyl groups excluding tert-OH is 1. The summed E-state index contributed by atoms with van der Waals surface area (Å²) in [6.45, 7) is 23.0. The number of fused-ring (bicyclic) bond motifs is 2. The molecule has 2 aliphatic heterocycles. The van der Waals surface area contributed by atoms with Gasteiger partial charge in [-0.25, -0.2) is 29.6 Å². The van der Waals surface area contributed by atoms with E-state index in [1.54, 1.807) is 47.2 Å². The third kappa shape index (κ3) is 13.9. The fourth-order valence-electron chi connectivity index (χ4n) is 10.9. The van der Waals surface area contributed by atoms with Gasteiger partial charge in [-0.05, 0) is 65.1 Å². The SMILES string of the molecule is CC(C)C(=O)Nc1nc2c(ncn2[C@@H]2O[C@H](COP(=O)(N[C@H]3[C@@H](O[Si](C)(C)C(C)(C)C)[C@H](n4cnc5c(NC(=O)c6ccccc6)ncnc54)O[C@@H]3CO)OCCC#N)[C@@H](NC(c3ccccc3)(c3ccccc3)c3ccccc3)[C@H]2O[Si](C)(C)C(C)(C)C)c(=O)[nH]1. The van der Waals surface area contributed by atoms with Crippen molar-refractivity contribution in [1.82, 2.24) is 49.4 Å². The summed E-state index contributed by atoms with van der Waals surface area (Å²) in [6.07, 6.45) is -2.52. The largest absolute Gasteiger partial charge is 0.408 e. The number of amides is 2. The number of aromatic nitrogens is 8. The predicted octanol–water partition coefficient (Wildman–Crippen LogP) is 10.3.